The van der Waals surface area contributed by atoms with Gasteiger partial charge in [-0.2, -0.15) is 0 Å². The predicted molar refractivity (Wildman–Crippen MR) is 135 cm³/mol. The van der Waals surface area contributed by atoms with Gasteiger partial charge in [-0.1, -0.05) is 29.3 Å². The molecular weight excluding hydrogens is 496 g/mol. The summed E-state index contributed by atoms with van der Waals surface area (Å²) in [7, 11) is -2.82. The quantitative estimate of drug-likeness (QED) is 0.333. The Bertz CT molecular complexity index is 1290. The maximum Gasteiger partial charge on any atom is 0.337 e. The lowest BCUT2D eigenvalue weighted by Crippen LogP contribution is -2.38. The minimum atomic E-state index is -4.06. The van der Waals surface area contributed by atoms with Crippen LogP contribution in [0, 0.1) is 6.92 Å². The van der Waals surface area contributed by atoms with Crippen LogP contribution in [0.25, 0.3) is 0 Å². The van der Waals surface area contributed by atoms with Crippen molar-refractivity contribution in [1.82, 2.24) is 0 Å². The van der Waals surface area contributed by atoms with Crippen molar-refractivity contribution in [3.05, 3.63) is 82.9 Å². The van der Waals surface area contributed by atoms with E-state index in [2.05, 4.69) is 5.32 Å². The van der Waals surface area contributed by atoms with E-state index in [1.807, 2.05) is 13.2 Å². The van der Waals surface area contributed by atoms with E-state index in [1.54, 1.807) is 36.4 Å². The first-order valence-electron chi connectivity index (χ1n) is 10.1. The van der Waals surface area contributed by atoms with Crippen LogP contribution in [-0.4, -0.2) is 40.2 Å². The van der Waals surface area contributed by atoms with Crippen molar-refractivity contribution in [1.29, 1.82) is 0 Å². The largest absolute Gasteiger partial charge is 0.465 e. The number of sulfonamides is 1. The molecule has 0 aromatic heterocycles. The number of ether oxygens (including phenoxy) is 1. The number of anilines is 2. The van der Waals surface area contributed by atoms with E-state index in [0.717, 1.165) is 14.8 Å². The van der Waals surface area contributed by atoms with E-state index in [1.165, 1.54) is 49.2 Å². The van der Waals surface area contributed by atoms with Gasteiger partial charge in [0.25, 0.3) is 10.0 Å². The molecule has 3 rings (SSSR count). The third-order valence-corrected chi connectivity index (χ3v) is 7.78. The van der Waals surface area contributed by atoms with Crippen LogP contribution in [0.4, 0.5) is 11.4 Å². The lowest BCUT2D eigenvalue weighted by atomic mass is 10.2. The summed E-state index contributed by atoms with van der Waals surface area (Å²) in [4.78, 5) is 25.7. The van der Waals surface area contributed by atoms with Crippen molar-refractivity contribution in [2.45, 2.75) is 16.7 Å². The minimum Gasteiger partial charge on any atom is -0.465 e. The molecule has 34 heavy (non-hydrogen) atoms. The molecule has 178 valence electrons. The molecule has 0 fully saturated rings. The Morgan fingerprint density at radius 2 is 1.68 bits per heavy atom. The molecule has 0 bridgehead atoms. The maximum absolute atomic E-state index is 13.5. The molecule has 3 aromatic rings. The van der Waals surface area contributed by atoms with Crippen molar-refractivity contribution in [2.24, 2.45) is 0 Å². The van der Waals surface area contributed by atoms with E-state index >= 15 is 0 Å². The van der Waals surface area contributed by atoms with Gasteiger partial charge in [-0.25, -0.2) is 13.2 Å². The molecule has 0 aliphatic carbocycles. The van der Waals surface area contributed by atoms with Crippen LogP contribution < -0.4 is 9.62 Å². The molecule has 0 aliphatic rings. The average Bonchev–Trinajstić information content (AvgIpc) is 2.84. The number of nitrogens with zero attached hydrogens (tertiary/aromatic N) is 1. The summed E-state index contributed by atoms with van der Waals surface area (Å²) in [6, 6.07) is 17.5. The number of carbonyl (C=O) groups excluding carboxylic acids is 2. The Morgan fingerprint density at radius 3 is 2.26 bits per heavy atom. The maximum atomic E-state index is 13.5. The Morgan fingerprint density at radius 1 is 1.03 bits per heavy atom. The molecule has 0 aliphatic heterocycles. The number of rotatable bonds is 8. The Kier molecular flexibility index (Phi) is 8.24. The Hall–Kier alpha value is -3.01. The average molecular weight is 519 g/mol. The zero-order chi connectivity index (χ0) is 24.9. The van der Waals surface area contributed by atoms with Crippen LogP contribution in [0.2, 0.25) is 5.02 Å². The molecule has 0 heterocycles. The monoisotopic (exact) mass is 518 g/mol. The fourth-order valence-corrected chi connectivity index (χ4v) is 5.08. The molecule has 0 atom stereocenters. The second-order valence-electron chi connectivity index (χ2n) is 7.26. The zero-order valence-electron chi connectivity index (χ0n) is 18.7. The standard InChI is InChI=1S/C24H23ClN2O5S2/c1-16-4-7-18(8-5-16)27(34(30,31)20-11-9-19(33-3)10-12-20)15-23(28)26-22-14-17(24(29)32-2)6-13-21(22)25/h4-14H,15H2,1-3H3,(H,26,28). The van der Waals surface area contributed by atoms with Gasteiger partial charge in [0.05, 0.1) is 34.0 Å². The van der Waals surface area contributed by atoms with Gasteiger partial charge in [-0.05, 0) is 67.8 Å². The van der Waals surface area contributed by atoms with Gasteiger partial charge in [-0.15, -0.1) is 11.8 Å². The van der Waals surface area contributed by atoms with Gasteiger partial charge in [0, 0.05) is 4.90 Å². The van der Waals surface area contributed by atoms with Crippen LogP contribution in [-0.2, 0) is 19.6 Å². The van der Waals surface area contributed by atoms with Gasteiger partial charge in [0.1, 0.15) is 6.54 Å². The summed E-state index contributed by atoms with van der Waals surface area (Å²) >= 11 is 7.67. The summed E-state index contributed by atoms with van der Waals surface area (Å²) in [6.07, 6.45) is 1.90. The zero-order valence-corrected chi connectivity index (χ0v) is 21.1. The van der Waals surface area contributed by atoms with E-state index in [4.69, 9.17) is 16.3 Å². The number of thioether (sulfide) groups is 1. The summed E-state index contributed by atoms with van der Waals surface area (Å²) < 4.78 is 32.7. The fraction of sp³-hybridized carbons (Fsp3) is 0.167. The normalized spacial score (nSPS) is 11.1. The Labute approximate surface area is 208 Å². The molecule has 0 saturated carbocycles. The number of hydrogen-bond acceptors (Lipinski definition) is 6. The molecule has 10 heteroatoms. The molecule has 0 spiro atoms. The number of methoxy groups -OCH3 is 1. The molecule has 0 saturated heterocycles. The first kappa shape index (κ1) is 25.6. The third kappa shape index (κ3) is 5.91. The topological polar surface area (TPSA) is 92.8 Å². The second kappa shape index (κ2) is 10.9. The molecule has 0 unspecified atom stereocenters. The SMILES string of the molecule is COC(=O)c1ccc(Cl)c(NC(=O)CN(c2ccc(C)cc2)S(=O)(=O)c2ccc(SC)cc2)c1. The fourth-order valence-electron chi connectivity index (χ4n) is 3.09. The molecule has 1 N–H and O–H groups in total. The third-order valence-electron chi connectivity index (χ3n) is 4.92. The molecule has 0 radical (unpaired) electrons. The van der Waals surface area contributed by atoms with Gasteiger partial charge >= 0.3 is 5.97 Å². The van der Waals surface area contributed by atoms with Crippen LogP contribution in [0.1, 0.15) is 15.9 Å². The summed E-state index contributed by atoms with van der Waals surface area (Å²) in [5.41, 5.74) is 1.64. The Balaban J connectivity index is 1.94. The molecule has 7 nitrogen and oxygen atoms in total. The highest BCUT2D eigenvalue weighted by Gasteiger charge is 2.27. The van der Waals surface area contributed by atoms with Crippen molar-refractivity contribution < 1.29 is 22.7 Å². The highest BCUT2D eigenvalue weighted by atomic mass is 35.5. The number of halogens is 1. The smallest absolute Gasteiger partial charge is 0.337 e. The van der Waals surface area contributed by atoms with Gasteiger partial charge in [-0.3, -0.25) is 9.10 Å². The number of amides is 1. The minimum absolute atomic E-state index is 0.0596. The van der Waals surface area contributed by atoms with E-state index in [-0.39, 0.29) is 21.2 Å². The number of benzene rings is 3. The second-order valence-corrected chi connectivity index (χ2v) is 10.4. The predicted octanol–water partition coefficient (Wildman–Crippen LogP) is 4.99. The lowest BCUT2D eigenvalue weighted by molar-refractivity contribution is -0.114. The van der Waals surface area contributed by atoms with Crippen molar-refractivity contribution >= 4 is 56.6 Å². The van der Waals surface area contributed by atoms with Crippen molar-refractivity contribution in [3.63, 3.8) is 0 Å². The number of nitrogens with one attached hydrogen (secondary N) is 1. The lowest BCUT2D eigenvalue weighted by Gasteiger charge is -2.24. The number of hydrogen-bond donors (Lipinski definition) is 1. The number of carbonyl (C=O) groups is 2. The van der Waals surface area contributed by atoms with Crippen LogP contribution in [0.15, 0.2) is 76.5 Å². The van der Waals surface area contributed by atoms with Crippen LogP contribution in [0.3, 0.4) is 0 Å². The molecule has 3 aromatic carbocycles. The van der Waals surface area contributed by atoms with E-state index < -0.39 is 28.4 Å². The summed E-state index contributed by atoms with van der Waals surface area (Å²) in [5, 5.41) is 2.79. The first-order chi connectivity index (χ1) is 16.1. The van der Waals surface area contributed by atoms with Gasteiger partial charge in [0.15, 0.2) is 0 Å². The molecular formula is C24H23ClN2O5S2. The highest BCUT2D eigenvalue weighted by Crippen LogP contribution is 2.27. The van der Waals surface area contributed by atoms with Gasteiger partial charge < -0.3 is 10.1 Å². The van der Waals surface area contributed by atoms with Gasteiger partial charge in [0.2, 0.25) is 5.91 Å². The summed E-state index contributed by atoms with van der Waals surface area (Å²) in [6.45, 7) is 1.38. The first-order valence-corrected chi connectivity index (χ1v) is 13.1. The van der Waals surface area contributed by atoms with Crippen LogP contribution in [0.5, 0.6) is 0 Å². The van der Waals surface area contributed by atoms with E-state index in [9.17, 15) is 18.0 Å². The van der Waals surface area contributed by atoms with E-state index in [0.29, 0.717) is 5.69 Å². The van der Waals surface area contributed by atoms with Crippen LogP contribution >= 0.6 is 23.4 Å². The number of aryl methyl sites for hydroxylation is 1. The van der Waals surface area contributed by atoms with Crippen molar-refractivity contribution in [3.8, 4) is 0 Å². The number of esters is 1. The highest BCUT2D eigenvalue weighted by molar-refractivity contribution is 7.98. The summed E-state index contributed by atoms with van der Waals surface area (Å²) in [5.74, 6) is -1.22. The molecule has 1 amide bonds. The van der Waals surface area contributed by atoms with Crippen molar-refractivity contribution in [2.75, 3.05) is 29.5 Å².